The maximum atomic E-state index is 12.2. The number of carbonyl (C=O) groups is 1. The van der Waals surface area contributed by atoms with Crippen molar-refractivity contribution in [1.29, 1.82) is 5.26 Å². The third kappa shape index (κ3) is 2.34. The van der Waals surface area contributed by atoms with Gasteiger partial charge in [-0.05, 0) is 17.7 Å². The summed E-state index contributed by atoms with van der Waals surface area (Å²) >= 11 is 3.32. The second-order valence-electron chi connectivity index (χ2n) is 3.84. The number of nitriles is 1. The van der Waals surface area contributed by atoms with Crippen LogP contribution in [0.5, 0.6) is 0 Å². The average molecular weight is 304 g/mol. The zero-order valence-electron chi connectivity index (χ0n) is 9.67. The van der Waals surface area contributed by atoms with Gasteiger partial charge in [0, 0.05) is 23.9 Å². The number of aromatic nitrogens is 2. The van der Waals surface area contributed by atoms with Crippen LogP contribution in [-0.2, 0) is 7.05 Å². The molecule has 0 bridgehead atoms. The first-order chi connectivity index (χ1) is 8.63. The van der Waals surface area contributed by atoms with Crippen molar-refractivity contribution in [2.24, 2.45) is 7.05 Å². The van der Waals surface area contributed by atoms with Gasteiger partial charge in [-0.1, -0.05) is 28.1 Å². The molecule has 1 unspecified atom stereocenters. The highest BCUT2D eigenvalue weighted by Gasteiger charge is 2.24. The second-order valence-corrected chi connectivity index (χ2v) is 4.76. The van der Waals surface area contributed by atoms with E-state index < -0.39 is 5.92 Å². The highest BCUT2D eigenvalue weighted by Crippen LogP contribution is 2.21. The summed E-state index contributed by atoms with van der Waals surface area (Å²) in [6.07, 6.45) is 3.23. The first-order valence-electron chi connectivity index (χ1n) is 5.30. The molecule has 0 amide bonds. The van der Waals surface area contributed by atoms with Crippen LogP contribution in [0.4, 0.5) is 0 Å². The van der Waals surface area contributed by atoms with Gasteiger partial charge in [-0.2, -0.15) is 5.26 Å². The van der Waals surface area contributed by atoms with E-state index in [4.69, 9.17) is 0 Å². The molecule has 0 saturated carbocycles. The fraction of sp³-hybridized carbons (Fsp3) is 0.154. The molecule has 0 saturated heterocycles. The molecular weight excluding hydrogens is 294 g/mol. The Hall–Kier alpha value is -1.93. The molecule has 2 aromatic rings. The molecule has 90 valence electrons. The molecule has 1 aromatic carbocycles. The molecule has 1 heterocycles. The number of benzene rings is 1. The number of hydrogen-bond donors (Lipinski definition) is 0. The summed E-state index contributed by atoms with van der Waals surface area (Å²) < 4.78 is 2.53. The van der Waals surface area contributed by atoms with Crippen molar-refractivity contribution in [2.45, 2.75) is 5.92 Å². The number of hydrogen-bond acceptors (Lipinski definition) is 3. The Labute approximate surface area is 113 Å². The van der Waals surface area contributed by atoms with Crippen molar-refractivity contribution in [3.63, 3.8) is 0 Å². The minimum atomic E-state index is -0.820. The highest BCUT2D eigenvalue weighted by molar-refractivity contribution is 9.10. The van der Waals surface area contributed by atoms with E-state index in [1.54, 1.807) is 36.1 Å². The van der Waals surface area contributed by atoms with Crippen LogP contribution in [0.1, 0.15) is 22.1 Å². The van der Waals surface area contributed by atoms with Crippen LogP contribution in [0.25, 0.3) is 0 Å². The lowest BCUT2D eigenvalue weighted by Gasteiger charge is -2.08. The quantitative estimate of drug-likeness (QED) is 0.819. The van der Waals surface area contributed by atoms with Gasteiger partial charge >= 0.3 is 0 Å². The number of imidazole rings is 1. The molecule has 0 radical (unpaired) electrons. The van der Waals surface area contributed by atoms with Crippen molar-refractivity contribution >= 4 is 21.7 Å². The van der Waals surface area contributed by atoms with Gasteiger partial charge < -0.3 is 4.57 Å². The molecule has 1 aromatic heterocycles. The van der Waals surface area contributed by atoms with Crippen LogP contribution in [0.2, 0.25) is 0 Å². The predicted octanol–water partition coefficient (Wildman–Crippen LogP) is 2.67. The van der Waals surface area contributed by atoms with E-state index in [0.717, 1.165) is 4.47 Å². The van der Waals surface area contributed by atoms with E-state index in [1.165, 1.54) is 0 Å². The van der Waals surface area contributed by atoms with E-state index in [0.29, 0.717) is 11.4 Å². The van der Waals surface area contributed by atoms with E-state index in [9.17, 15) is 10.1 Å². The van der Waals surface area contributed by atoms with Crippen LogP contribution < -0.4 is 0 Å². The van der Waals surface area contributed by atoms with Gasteiger partial charge in [0.25, 0.3) is 0 Å². The standard InChI is InChI=1S/C13H10BrN3O/c1-17-7-6-16-13(17)12(18)11(8-15)9-2-4-10(14)5-3-9/h2-7,11H,1H3. The van der Waals surface area contributed by atoms with Crippen molar-refractivity contribution in [3.05, 3.63) is 52.5 Å². The minimum absolute atomic E-state index is 0.285. The molecule has 5 heteroatoms. The Bertz CT molecular complexity index is 610. The molecule has 0 N–H and O–H groups in total. The zero-order valence-corrected chi connectivity index (χ0v) is 11.3. The van der Waals surface area contributed by atoms with E-state index in [-0.39, 0.29) is 5.78 Å². The minimum Gasteiger partial charge on any atom is -0.332 e. The van der Waals surface area contributed by atoms with Gasteiger partial charge in [0.1, 0.15) is 5.92 Å². The van der Waals surface area contributed by atoms with Gasteiger partial charge in [-0.25, -0.2) is 4.98 Å². The predicted molar refractivity (Wildman–Crippen MR) is 70.0 cm³/mol. The Morgan fingerprint density at radius 3 is 2.61 bits per heavy atom. The van der Waals surface area contributed by atoms with Crippen LogP contribution in [-0.4, -0.2) is 15.3 Å². The Morgan fingerprint density at radius 2 is 2.11 bits per heavy atom. The lowest BCUT2D eigenvalue weighted by Crippen LogP contribution is -2.15. The Balaban J connectivity index is 2.36. The lowest BCUT2D eigenvalue weighted by molar-refractivity contribution is 0.0966. The molecule has 2 rings (SSSR count). The molecule has 4 nitrogen and oxygen atoms in total. The summed E-state index contributed by atoms with van der Waals surface area (Å²) in [6.45, 7) is 0. The third-order valence-electron chi connectivity index (χ3n) is 2.64. The SMILES string of the molecule is Cn1ccnc1C(=O)C(C#N)c1ccc(Br)cc1. The fourth-order valence-corrected chi connectivity index (χ4v) is 1.94. The summed E-state index contributed by atoms with van der Waals surface area (Å²) in [5, 5.41) is 9.19. The van der Waals surface area contributed by atoms with Gasteiger partial charge in [0.2, 0.25) is 5.78 Å². The van der Waals surface area contributed by atoms with Gasteiger partial charge in [0.05, 0.1) is 6.07 Å². The Morgan fingerprint density at radius 1 is 1.44 bits per heavy atom. The second kappa shape index (κ2) is 5.15. The van der Waals surface area contributed by atoms with E-state index >= 15 is 0 Å². The van der Waals surface area contributed by atoms with Crippen molar-refractivity contribution in [1.82, 2.24) is 9.55 Å². The molecule has 0 aliphatic rings. The summed E-state index contributed by atoms with van der Waals surface area (Å²) in [5.74, 6) is -0.809. The summed E-state index contributed by atoms with van der Waals surface area (Å²) in [4.78, 5) is 16.2. The molecule has 0 aliphatic carbocycles. The molecule has 0 spiro atoms. The summed E-state index contributed by atoms with van der Waals surface area (Å²) in [6, 6.07) is 9.18. The number of ketones is 1. The van der Waals surface area contributed by atoms with Crippen molar-refractivity contribution < 1.29 is 4.79 Å². The van der Waals surface area contributed by atoms with Gasteiger partial charge in [-0.15, -0.1) is 0 Å². The molecule has 0 fully saturated rings. The van der Waals surface area contributed by atoms with Gasteiger partial charge in [0.15, 0.2) is 5.82 Å². The van der Waals surface area contributed by atoms with Crippen LogP contribution >= 0.6 is 15.9 Å². The number of halogens is 1. The maximum absolute atomic E-state index is 12.2. The molecule has 18 heavy (non-hydrogen) atoms. The smallest absolute Gasteiger partial charge is 0.219 e. The topological polar surface area (TPSA) is 58.7 Å². The number of aryl methyl sites for hydroxylation is 1. The molecule has 0 aliphatic heterocycles. The van der Waals surface area contributed by atoms with E-state index in [1.807, 2.05) is 18.2 Å². The maximum Gasteiger partial charge on any atom is 0.219 e. The third-order valence-corrected chi connectivity index (χ3v) is 3.16. The summed E-state index contributed by atoms with van der Waals surface area (Å²) in [7, 11) is 1.73. The normalized spacial score (nSPS) is 11.8. The Kier molecular flexibility index (Phi) is 3.58. The molecular formula is C13H10BrN3O. The summed E-state index contributed by atoms with van der Waals surface area (Å²) in [5.41, 5.74) is 0.675. The zero-order chi connectivity index (χ0) is 13.1. The molecule has 1 atom stereocenters. The van der Waals surface area contributed by atoms with Crippen LogP contribution in [0.15, 0.2) is 41.1 Å². The number of rotatable bonds is 3. The van der Waals surface area contributed by atoms with Crippen LogP contribution in [0.3, 0.4) is 0 Å². The lowest BCUT2D eigenvalue weighted by atomic mass is 9.96. The first kappa shape index (κ1) is 12.5. The fourth-order valence-electron chi connectivity index (χ4n) is 1.67. The van der Waals surface area contributed by atoms with Gasteiger partial charge in [-0.3, -0.25) is 4.79 Å². The number of nitrogens with zero attached hydrogens (tertiary/aromatic N) is 3. The van der Waals surface area contributed by atoms with Crippen LogP contribution in [0, 0.1) is 11.3 Å². The number of carbonyl (C=O) groups excluding carboxylic acids is 1. The van der Waals surface area contributed by atoms with E-state index in [2.05, 4.69) is 20.9 Å². The largest absolute Gasteiger partial charge is 0.332 e. The first-order valence-corrected chi connectivity index (χ1v) is 6.09. The average Bonchev–Trinajstić information content (AvgIpc) is 2.78. The highest BCUT2D eigenvalue weighted by atomic mass is 79.9. The van der Waals surface area contributed by atoms with Crippen molar-refractivity contribution in [2.75, 3.05) is 0 Å². The van der Waals surface area contributed by atoms with Crippen molar-refractivity contribution in [3.8, 4) is 6.07 Å². The monoisotopic (exact) mass is 303 g/mol. The number of Topliss-reactive ketones (excluding diaryl/α,β-unsaturated/α-hetero) is 1.